The summed E-state index contributed by atoms with van der Waals surface area (Å²) in [4.78, 5) is 13.0. The van der Waals surface area contributed by atoms with Crippen molar-refractivity contribution in [1.29, 1.82) is 0 Å². The third-order valence-corrected chi connectivity index (χ3v) is 10.7. The van der Waals surface area contributed by atoms with E-state index in [1.54, 1.807) is 6.08 Å². The van der Waals surface area contributed by atoms with Crippen LogP contribution in [0, 0.1) is 0 Å². The Bertz CT molecular complexity index is 1180. The summed E-state index contributed by atoms with van der Waals surface area (Å²) in [5, 5.41) is 55.0. The summed E-state index contributed by atoms with van der Waals surface area (Å²) in [6.45, 7) is 3.14. The molecule has 0 aromatic heterocycles. The maximum atomic E-state index is 13.0. The molecule has 0 aliphatic carbocycles. The molecule has 1 heterocycles. The number of aliphatic hydroxyl groups is 5. The lowest BCUT2D eigenvalue weighted by Gasteiger charge is -2.41. The van der Waals surface area contributed by atoms with Crippen LogP contribution in [-0.4, -0.2) is 107 Å². The molecule has 0 spiro atoms. The van der Waals surface area contributed by atoms with Crippen molar-refractivity contribution in [3.63, 3.8) is 0 Å². The van der Waals surface area contributed by atoms with Gasteiger partial charge in [0.05, 0.1) is 25.4 Å². The summed E-state index contributed by atoms with van der Waals surface area (Å²) >= 11 is 0. The van der Waals surface area contributed by atoms with Crippen LogP contribution in [0.2, 0.25) is 0 Å². The summed E-state index contributed by atoms with van der Waals surface area (Å²) < 4.78 is 47.4. The summed E-state index contributed by atoms with van der Waals surface area (Å²) in [5.74, 6) is -0.724. The van der Waals surface area contributed by atoms with E-state index in [2.05, 4.69) is 47.7 Å². The highest BCUT2D eigenvalue weighted by Crippen LogP contribution is 2.26. The van der Waals surface area contributed by atoms with E-state index in [0.717, 1.165) is 51.4 Å². The summed E-state index contributed by atoms with van der Waals surface area (Å²) in [6.07, 6.45) is 26.7. The van der Waals surface area contributed by atoms with E-state index in [-0.39, 0.29) is 6.42 Å². The van der Waals surface area contributed by atoms with E-state index in [0.29, 0.717) is 12.8 Å². The highest BCUT2D eigenvalue weighted by molar-refractivity contribution is 7.80. The first-order valence-electron chi connectivity index (χ1n) is 22.0. The van der Waals surface area contributed by atoms with Crippen molar-refractivity contribution in [2.75, 3.05) is 13.2 Å². The van der Waals surface area contributed by atoms with Gasteiger partial charge in [0, 0.05) is 0 Å². The fourth-order valence-electron chi connectivity index (χ4n) is 6.70. The van der Waals surface area contributed by atoms with Gasteiger partial charge in [0.15, 0.2) is 6.29 Å². The second-order valence-electron chi connectivity index (χ2n) is 15.4. The van der Waals surface area contributed by atoms with E-state index in [9.17, 15) is 38.7 Å². The first-order chi connectivity index (χ1) is 27.4. The van der Waals surface area contributed by atoms with Crippen molar-refractivity contribution in [2.45, 2.75) is 217 Å². The van der Waals surface area contributed by atoms with Crippen LogP contribution in [0.15, 0.2) is 36.5 Å². The Morgan fingerprint density at radius 2 is 1.18 bits per heavy atom. The van der Waals surface area contributed by atoms with Gasteiger partial charge in [0.25, 0.3) is 0 Å². The minimum Gasteiger partial charge on any atom is -0.394 e. The zero-order valence-corrected chi connectivity index (χ0v) is 35.8. The predicted octanol–water partition coefficient (Wildman–Crippen LogP) is 6.91. The first kappa shape index (κ1) is 53.3. The minimum atomic E-state index is -5.12. The highest BCUT2D eigenvalue weighted by atomic mass is 32.3. The molecule has 8 atom stereocenters. The molecular formula is C43H79NO12S. The summed E-state index contributed by atoms with van der Waals surface area (Å²) in [6, 6.07) is -1.14. The van der Waals surface area contributed by atoms with Gasteiger partial charge < -0.3 is 40.3 Å². The second-order valence-corrected chi connectivity index (χ2v) is 16.5. The van der Waals surface area contributed by atoms with Gasteiger partial charge in [-0.05, 0) is 57.8 Å². The van der Waals surface area contributed by atoms with Crippen LogP contribution in [0.25, 0.3) is 0 Å². The third kappa shape index (κ3) is 26.9. The number of carbonyl (C=O) groups is 1. The Kier molecular flexibility index (Phi) is 31.8. The quantitative estimate of drug-likeness (QED) is 0.0195. The second kappa shape index (κ2) is 34.0. The van der Waals surface area contributed by atoms with Gasteiger partial charge in [-0.1, -0.05) is 147 Å². The summed E-state index contributed by atoms with van der Waals surface area (Å²) in [5.41, 5.74) is 0. The monoisotopic (exact) mass is 834 g/mol. The van der Waals surface area contributed by atoms with Crippen molar-refractivity contribution in [2.24, 2.45) is 0 Å². The first-order valence-corrected chi connectivity index (χ1v) is 23.3. The van der Waals surface area contributed by atoms with E-state index in [1.807, 2.05) is 0 Å². The largest absolute Gasteiger partial charge is 0.397 e. The Morgan fingerprint density at radius 3 is 1.72 bits per heavy atom. The Morgan fingerprint density at radius 1 is 0.702 bits per heavy atom. The molecular weight excluding hydrogens is 755 g/mol. The molecule has 13 nitrogen and oxygen atoms in total. The fourth-order valence-corrected chi connectivity index (χ4v) is 7.21. The van der Waals surface area contributed by atoms with Crippen molar-refractivity contribution in [3.05, 3.63) is 36.5 Å². The molecule has 1 fully saturated rings. The number of nitrogens with one attached hydrogen (secondary N) is 1. The van der Waals surface area contributed by atoms with Crippen LogP contribution in [-0.2, 0) is 28.9 Å². The normalized spacial score (nSPS) is 22.1. The average Bonchev–Trinajstić information content (AvgIpc) is 3.18. The summed E-state index contributed by atoms with van der Waals surface area (Å²) in [7, 11) is -5.12. The van der Waals surface area contributed by atoms with Crippen molar-refractivity contribution < 1.29 is 57.0 Å². The maximum absolute atomic E-state index is 13.0. The molecule has 334 valence electrons. The van der Waals surface area contributed by atoms with Gasteiger partial charge >= 0.3 is 10.4 Å². The standard InChI is InChI=1S/C43H79NO12S/c1-3-5-7-9-11-13-15-16-17-18-19-20-22-23-25-27-29-31-36(46)35(34-54-43-40(49)41(56-57(51,52)53)39(48)38(33-45)55-43)44-42(50)37(47)32-30-28-26-24-21-14-12-10-8-6-4-2/h12,14,22-23,29,31,35-41,43,45-49H,3-11,13,15-21,24-28,30,32-34H2,1-2H3,(H,44,50)(H,51,52,53)/b14-12-,23-22+,31-29+. The van der Waals surface area contributed by atoms with E-state index >= 15 is 0 Å². The Labute approximate surface area is 344 Å². The van der Waals surface area contributed by atoms with Crippen molar-refractivity contribution in [3.8, 4) is 0 Å². The zero-order chi connectivity index (χ0) is 42.2. The van der Waals surface area contributed by atoms with E-state index < -0.39 is 78.5 Å². The number of carbonyl (C=O) groups excluding carboxylic acids is 1. The fraction of sp³-hybridized carbons (Fsp3) is 0.837. The molecule has 57 heavy (non-hydrogen) atoms. The highest BCUT2D eigenvalue weighted by Gasteiger charge is 2.48. The van der Waals surface area contributed by atoms with Gasteiger partial charge in [-0.25, -0.2) is 4.18 Å². The van der Waals surface area contributed by atoms with Crippen LogP contribution in [0.4, 0.5) is 0 Å². The average molecular weight is 834 g/mol. The maximum Gasteiger partial charge on any atom is 0.397 e. The lowest BCUT2D eigenvalue weighted by Crippen LogP contribution is -2.61. The lowest BCUT2D eigenvalue weighted by molar-refractivity contribution is -0.298. The molecule has 1 aliphatic heterocycles. The molecule has 1 amide bonds. The molecule has 1 saturated heterocycles. The molecule has 0 saturated carbocycles. The molecule has 7 N–H and O–H groups in total. The van der Waals surface area contributed by atoms with Gasteiger partial charge in [-0.2, -0.15) is 8.42 Å². The number of amides is 1. The zero-order valence-electron chi connectivity index (χ0n) is 35.0. The molecule has 0 radical (unpaired) electrons. The molecule has 0 aromatic rings. The minimum absolute atomic E-state index is 0.221. The van der Waals surface area contributed by atoms with Crippen LogP contribution in [0.1, 0.15) is 168 Å². The number of aliphatic hydroxyl groups excluding tert-OH is 5. The smallest absolute Gasteiger partial charge is 0.394 e. The van der Waals surface area contributed by atoms with Crippen molar-refractivity contribution >= 4 is 16.3 Å². The molecule has 0 bridgehead atoms. The van der Waals surface area contributed by atoms with Gasteiger partial charge in [0.2, 0.25) is 5.91 Å². The molecule has 1 rings (SSSR count). The number of rotatable bonds is 36. The van der Waals surface area contributed by atoms with Crippen LogP contribution >= 0.6 is 0 Å². The lowest BCUT2D eigenvalue weighted by atomic mass is 9.99. The van der Waals surface area contributed by atoms with E-state index in [1.165, 1.54) is 89.5 Å². The van der Waals surface area contributed by atoms with Crippen LogP contribution in [0.5, 0.6) is 0 Å². The molecule has 0 aromatic carbocycles. The third-order valence-electron chi connectivity index (χ3n) is 10.3. The Balaban J connectivity index is 2.66. The van der Waals surface area contributed by atoms with Crippen molar-refractivity contribution in [1.82, 2.24) is 5.32 Å². The number of ether oxygens (including phenoxy) is 2. The molecule has 8 unspecified atom stereocenters. The number of allylic oxidation sites excluding steroid dienone is 5. The molecule has 1 aliphatic rings. The number of hydrogen-bond acceptors (Lipinski definition) is 11. The molecule has 14 heteroatoms. The number of hydrogen-bond donors (Lipinski definition) is 7. The van der Waals surface area contributed by atoms with Crippen LogP contribution < -0.4 is 5.32 Å². The van der Waals surface area contributed by atoms with Gasteiger partial charge in [0.1, 0.15) is 30.5 Å². The van der Waals surface area contributed by atoms with Gasteiger partial charge in [-0.3, -0.25) is 9.35 Å². The van der Waals surface area contributed by atoms with Crippen LogP contribution in [0.3, 0.4) is 0 Å². The number of unbranched alkanes of at least 4 members (excludes halogenated alkanes) is 19. The SMILES string of the molecule is CCCCC/C=C\CCCCCCC(O)C(=O)NC(COC1OC(CO)C(O)C(OS(=O)(=O)O)C1O)C(O)/C=C/CC/C=C/CCCCCCCCCCCCC. The predicted molar refractivity (Wildman–Crippen MR) is 224 cm³/mol. The Hall–Kier alpha value is -1.72. The van der Waals surface area contributed by atoms with E-state index in [4.69, 9.17) is 14.0 Å². The van der Waals surface area contributed by atoms with Gasteiger partial charge in [-0.15, -0.1) is 0 Å². The topological polar surface area (TPSA) is 212 Å².